The van der Waals surface area contributed by atoms with E-state index in [4.69, 9.17) is 14.2 Å². The van der Waals surface area contributed by atoms with Gasteiger partial charge in [-0.1, -0.05) is 12.1 Å². The lowest BCUT2D eigenvalue weighted by atomic mass is 9.99. The molecule has 1 aliphatic heterocycles. The Labute approximate surface area is 171 Å². The van der Waals surface area contributed by atoms with Gasteiger partial charge in [-0.15, -0.1) is 0 Å². The van der Waals surface area contributed by atoms with Gasteiger partial charge in [0.25, 0.3) is 0 Å². The molecule has 9 nitrogen and oxygen atoms in total. The van der Waals surface area contributed by atoms with Crippen molar-refractivity contribution >= 4 is 11.8 Å². The Balaban J connectivity index is 1.91. The number of likely N-dealkylation sites (tertiary alicyclic amines) is 1. The normalized spacial score (nSPS) is 20.1. The Morgan fingerprint density at radius 3 is 2.72 bits per heavy atom. The Bertz CT molecular complexity index is 691. The van der Waals surface area contributed by atoms with Crippen LogP contribution in [0, 0.1) is 10.1 Å². The van der Waals surface area contributed by atoms with Crippen molar-refractivity contribution in [3.8, 4) is 5.75 Å². The third kappa shape index (κ3) is 7.51. The number of alkyl carbamates (subject to hydrolysis) is 1. The summed E-state index contributed by atoms with van der Waals surface area (Å²) in [5.74, 6) is 0.257. The summed E-state index contributed by atoms with van der Waals surface area (Å²) >= 11 is 0. The minimum absolute atomic E-state index is 0.0475. The molecule has 1 fully saturated rings. The minimum atomic E-state index is -0.552. The van der Waals surface area contributed by atoms with Crippen LogP contribution in [0.1, 0.15) is 33.6 Å². The standard InChI is InChI=1S/C20H31N3O6/c1-20(2,3)29-19(24)21-14-15-13-16(27-4)9-10-22(15)11-12-28-18-8-6-5-7-17(18)23(25)26/h5-8,15-16H,9-14H2,1-4H3,(H,21,24)/t15-,16-/m0/s1. The summed E-state index contributed by atoms with van der Waals surface area (Å²) in [6, 6.07) is 6.40. The Kier molecular flexibility index (Phi) is 8.21. The van der Waals surface area contributed by atoms with Crippen LogP contribution in [0.5, 0.6) is 5.75 Å². The van der Waals surface area contributed by atoms with E-state index in [1.165, 1.54) is 6.07 Å². The molecule has 1 aliphatic rings. The predicted molar refractivity (Wildman–Crippen MR) is 108 cm³/mol. The summed E-state index contributed by atoms with van der Waals surface area (Å²) in [7, 11) is 1.69. The second-order valence-corrected chi connectivity index (χ2v) is 8.03. The van der Waals surface area contributed by atoms with Crippen LogP contribution in [-0.4, -0.2) is 67.0 Å². The van der Waals surface area contributed by atoms with Gasteiger partial charge in [-0.2, -0.15) is 0 Å². The van der Waals surface area contributed by atoms with Gasteiger partial charge >= 0.3 is 11.8 Å². The zero-order valence-corrected chi connectivity index (χ0v) is 17.6. The first-order valence-electron chi connectivity index (χ1n) is 9.79. The van der Waals surface area contributed by atoms with Gasteiger partial charge in [-0.05, 0) is 39.7 Å². The molecule has 9 heteroatoms. The highest BCUT2D eigenvalue weighted by atomic mass is 16.6. The fraction of sp³-hybridized carbons (Fsp3) is 0.650. The molecule has 1 saturated heterocycles. The van der Waals surface area contributed by atoms with Gasteiger partial charge in [-0.3, -0.25) is 15.0 Å². The van der Waals surface area contributed by atoms with Crippen molar-refractivity contribution in [2.24, 2.45) is 0 Å². The van der Waals surface area contributed by atoms with Crippen molar-refractivity contribution < 1.29 is 23.9 Å². The number of nitro benzene ring substituents is 1. The number of ether oxygens (including phenoxy) is 3. The van der Waals surface area contributed by atoms with Crippen LogP contribution in [0.15, 0.2) is 24.3 Å². The van der Waals surface area contributed by atoms with Gasteiger partial charge in [0, 0.05) is 38.9 Å². The van der Waals surface area contributed by atoms with E-state index < -0.39 is 16.6 Å². The van der Waals surface area contributed by atoms with Gasteiger partial charge in [-0.25, -0.2) is 4.79 Å². The largest absolute Gasteiger partial charge is 0.485 e. The molecule has 1 aromatic carbocycles. The zero-order valence-electron chi connectivity index (χ0n) is 17.6. The van der Waals surface area contributed by atoms with Gasteiger partial charge in [0.05, 0.1) is 11.0 Å². The maximum atomic E-state index is 12.0. The van der Waals surface area contributed by atoms with E-state index in [1.54, 1.807) is 25.3 Å². The quantitative estimate of drug-likeness (QED) is 0.520. The molecule has 0 aromatic heterocycles. The number of methoxy groups -OCH3 is 1. The van der Waals surface area contributed by atoms with E-state index in [0.29, 0.717) is 19.7 Å². The molecule has 0 radical (unpaired) electrons. The molecule has 162 valence electrons. The average molecular weight is 409 g/mol. The smallest absolute Gasteiger partial charge is 0.407 e. The predicted octanol–water partition coefficient (Wildman–Crippen LogP) is 2.98. The van der Waals surface area contributed by atoms with Crippen molar-refractivity contribution in [3.63, 3.8) is 0 Å². The second-order valence-electron chi connectivity index (χ2n) is 8.03. The van der Waals surface area contributed by atoms with Crippen molar-refractivity contribution in [2.75, 3.05) is 33.4 Å². The van der Waals surface area contributed by atoms with Crippen molar-refractivity contribution in [2.45, 2.75) is 51.4 Å². The zero-order chi connectivity index (χ0) is 21.4. The van der Waals surface area contributed by atoms with E-state index >= 15 is 0 Å². The van der Waals surface area contributed by atoms with E-state index in [9.17, 15) is 14.9 Å². The Morgan fingerprint density at radius 1 is 1.34 bits per heavy atom. The monoisotopic (exact) mass is 409 g/mol. The number of nitrogens with zero attached hydrogens (tertiary/aromatic N) is 2. The van der Waals surface area contributed by atoms with E-state index in [2.05, 4.69) is 10.2 Å². The highest BCUT2D eigenvalue weighted by Gasteiger charge is 2.29. The summed E-state index contributed by atoms with van der Waals surface area (Å²) in [5.41, 5.74) is -0.599. The molecule has 2 atom stereocenters. The highest BCUT2D eigenvalue weighted by Crippen LogP contribution is 2.26. The van der Waals surface area contributed by atoms with Crippen molar-refractivity contribution in [1.82, 2.24) is 10.2 Å². The van der Waals surface area contributed by atoms with E-state index in [1.807, 2.05) is 20.8 Å². The highest BCUT2D eigenvalue weighted by molar-refractivity contribution is 5.67. The third-order valence-corrected chi connectivity index (χ3v) is 4.70. The molecule has 2 rings (SSSR count). The van der Waals surface area contributed by atoms with Crippen LogP contribution in [0.3, 0.4) is 0 Å². The molecule has 0 bridgehead atoms. The SMILES string of the molecule is CO[C@H]1CCN(CCOc2ccccc2[N+](=O)[O-])[C@H](CNC(=O)OC(C)(C)C)C1. The summed E-state index contributed by atoms with van der Waals surface area (Å²) < 4.78 is 16.5. The molecular weight excluding hydrogens is 378 g/mol. The maximum Gasteiger partial charge on any atom is 0.407 e. The number of carbonyl (C=O) groups is 1. The molecule has 1 aromatic rings. The number of rotatable bonds is 8. The fourth-order valence-corrected chi connectivity index (χ4v) is 3.30. The lowest BCUT2D eigenvalue weighted by molar-refractivity contribution is -0.385. The van der Waals surface area contributed by atoms with E-state index in [-0.39, 0.29) is 23.6 Å². The first-order valence-corrected chi connectivity index (χ1v) is 9.79. The molecule has 0 spiro atoms. The number of nitro groups is 1. The van der Waals surface area contributed by atoms with Crippen LogP contribution in [0.25, 0.3) is 0 Å². The molecule has 0 unspecified atom stereocenters. The number of carbonyl (C=O) groups excluding carboxylic acids is 1. The van der Waals surface area contributed by atoms with Crippen LogP contribution in [-0.2, 0) is 9.47 Å². The van der Waals surface area contributed by atoms with Gasteiger partial charge in [0.2, 0.25) is 0 Å². The molecule has 1 amide bonds. The Morgan fingerprint density at radius 2 is 2.07 bits per heavy atom. The first kappa shape index (κ1) is 22.9. The lowest BCUT2D eigenvalue weighted by Gasteiger charge is -2.39. The van der Waals surface area contributed by atoms with Crippen LogP contribution in [0.2, 0.25) is 0 Å². The number of piperidine rings is 1. The molecule has 1 N–H and O–H groups in total. The second kappa shape index (κ2) is 10.4. The number of hydrogen-bond acceptors (Lipinski definition) is 7. The van der Waals surface area contributed by atoms with Gasteiger partial charge < -0.3 is 19.5 Å². The maximum absolute atomic E-state index is 12.0. The first-order chi connectivity index (χ1) is 13.7. The van der Waals surface area contributed by atoms with Crippen LogP contribution in [0.4, 0.5) is 10.5 Å². The van der Waals surface area contributed by atoms with Crippen LogP contribution >= 0.6 is 0 Å². The summed E-state index contributed by atoms with van der Waals surface area (Å²) in [6.45, 7) is 7.58. The number of benzene rings is 1. The van der Waals surface area contributed by atoms with Gasteiger partial charge in [0.1, 0.15) is 12.2 Å². The number of hydrogen-bond donors (Lipinski definition) is 1. The summed E-state index contributed by atoms with van der Waals surface area (Å²) in [4.78, 5) is 24.9. The third-order valence-electron chi connectivity index (χ3n) is 4.70. The van der Waals surface area contributed by atoms with Gasteiger partial charge in [0.15, 0.2) is 5.75 Å². The molecule has 29 heavy (non-hydrogen) atoms. The number of para-hydroxylation sites is 2. The topological polar surface area (TPSA) is 103 Å². The van der Waals surface area contributed by atoms with Crippen molar-refractivity contribution in [1.29, 1.82) is 0 Å². The minimum Gasteiger partial charge on any atom is -0.485 e. The molecule has 1 heterocycles. The molecule has 0 aliphatic carbocycles. The number of nitrogens with one attached hydrogen (secondary N) is 1. The molecular formula is C20H31N3O6. The van der Waals surface area contributed by atoms with E-state index in [0.717, 1.165) is 19.4 Å². The molecule has 0 saturated carbocycles. The average Bonchev–Trinajstić information content (AvgIpc) is 2.66. The Hall–Kier alpha value is -2.39. The van der Waals surface area contributed by atoms with Crippen molar-refractivity contribution in [3.05, 3.63) is 34.4 Å². The fourth-order valence-electron chi connectivity index (χ4n) is 3.30. The summed E-state index contributed by atoms with van der Waals surface area (Å²) in [5, 5.41) is 13.9. The lowest BCUT2D eigenvalue weighted by Crippen LogP contribution is -2.51. The number of amides is 1. The summed E-state index contributed by atoms with van der Waals surface area (Å²) in [6.07, 6.45) is 1.34. The van der Waals surface area contributed by atoms with Crippen LogP contribution < -0.4 is 10.1 Å².